The number of likely N-dealkylation sites (tertiary alicyclic amines) is 1. The third-order valence-corrected chi connectivity index (χ3v) is 6.39. The predicted octanol–water partition coefficient (Wildman–Crippen LogP) is 3.89. The monoisotopic (exact) mass is 447 g/mol. The summed E-state index contributed by atoms with van der Waals surface area (Å²) in [5.41, 5.74) is 1.63. The van der Waals surface area contributed by atoms with Crippen LogP contribution >= 0.6 is 0 Å². The number of fused-ring (bicyclic) bond motifs is 2. The van der Waals surface area contributed by atoms with E-state index in [0.717, 1.165) is 49.0 Å². The number of nitrogens with zero attached hydrogens (tertiary/aromatic N) is 2. The first-order valence-electron chi connectivity index (χ1n) is 11.7. The van der Waals surface area contributed by atoms with E-state index in [1.165, 1.54) is 0 Å². The van der Waals surface area contributed by atoms with Gasteiger partial charge in [-0.25, -0.2) is 0 Å². The zero-order valence-electron chi connectivity index (χ0n) is 18.8. The van der Waals surface area contributed by atoms with Crippen molar-refractivity contribution in [3.63, 3.8) is 0 Å². The van der Waals surface area contributed by atoms with Crippen molar-refractivity contribution in [2.75, 3.05) is 31.1 Å². The molecule has 1 saturated heterocycles. The molecule has 7 nitrogen and oxygen atoms in total. The number of ether oxygens (including phenoxy) is 1. The van der Waals surface area contributed by atoms with Crippen LogP contribution in [-0.2, 0) is 9.59 Å². The topological polar surface area (TPSA) is 75.0 Å². The van der Waals surface area contributed by atoms with Gasteiger partial charge in [0.25, 0.3) is 5.91 Å². The molecule has 0 aliphatic carbocycles. The minimum absolute atomic E-state index is 0.00487. The molecule has 3 aromatic rings. The lowest BCUT2D eigenvalue weighted by atomic mass is 10.1. The van der Waals surface area contributed by atoms with Crippen LogP contribution in [0, 0.1) is 0 Å². The summed E-state index contributed by atoms with van der Waals surface area (Å²) in [6, 6.07) is 17.0. The van der Waals surface area contributed by atoms with Gasteiger partial charge in [0.05, 0.1) is 24.8 Å². The van der Waals surface area contributed by atoms with Crippen LogP contribution in [0.1, 0.15) is 38.0 Å². The second-order valence-corrected chi connectivity index (χ2v) is 8.82. The Labute approximate surface area is 193 Å². The van der Waals surface area contributed by atoms with E-state index < -0.39 is 6.10 Å². The molecule has 172 valence electrons. The van der Waals surface area contributed by atoms with Crippen molar-refractivity contribution >= 4 is 28.5 Å². The number of nitrogens with one attached hydrogen (secondary N) is 1. The first-order chi connectivity index (χ1) is 16.1. The molecule has 0 spiro atoms. The summed E-state index contributed by atoms with van der Waals surface area (Å²) in [4.78, 5) is 29.9. The molecule has 2 aliphatic heterocycles. The van der Waals surface area contributed by atoms with Crippen LogP contribution in [0.3, 0.4) is 0 Å². The van der Waals surface area contributed by atoms with Crippen LogP contribution < -0.4 is 15.0 Å². The lowest BCUT2D eigenvalue weighted by Crippen LogP contribution is -2.53. The lowest BCUT2D eigenvalue weighted by molar-refractivity contribution is -0.139. The van der Waals surface area contributed by atoms with E-state index in [2.05, 4.69) is 5.32 Å². The molecular formula is C26H29N3O4. The third-order valence-electron chi connectivity index (χ3n) is 6.39. The molecule has 1 N–H and O–H groups in total. The second-order valence-electron chi connectivity index (χ2n) is 8.82. The first kappa shape index (κ1) is 21.4. The molecular weight excluding hydrogens is 418 g/mol. The fourth-order valence-electron chi connectivity index (χ4n) is 4.65. The molecule has 0 bridgehead atoms. The predicted molar refractivity (Wildman–Crippen MR) is 126 cm³/mol. The average Bonchev–Trinajstić information content (AvgIpc) is 3.29. The summed E-state index contributed by atoms with van der Waals surface area (Å²) in [7, 11) is 0. The normalized spacial score (nSPS) is 19.0. The minimum Gasteiger partial charge on any atom is -0.477 e. The van der Waals surface area contributed by atoms with Crippen molar-refractivity contribution in [3.05, 3.63) is 60.4 Å². The van der Waals surface area contributed by atoms with Crippen LogP contribution in [0.25, 0.3) is 11.0 Å². The number of amides is 2. The molecule has 5 rings (SSSR count). The lowest BCUT2D eigenvalue weighted by Gasteiger charge is -2.38. The van der Waals surface area contributed by atoms with Crippen LogP contribution in [0.4, 0.5) is 5.69 Å². The van der Waals surface area contributed by atoms with E-state index in [0.29, 0.717) is 18.1 Å². The number of rotatable bonds is 5. The number of furan rings is 1. The summed E-state index contributed by atoms with van der Waals surface area (Å²) in [6.07, 6.45) is 2.61. The molecule has 33 heavy (non-hydrogen) atoms. The molecule has 2 atom stereocenters. The van der Waals surface area contributed by atoms with E-state index in [-0.39, 0.29) is 24.4 Å². The molecule has 3 heterocycles. The maximum absolute atomic E-state index is 13.1. The molecule has 2 amide bonds. The Balaban J connectivity index is 1.28. The maximum atomic E-state index is 13.1. The summed E-state index contributed by atoms with van der Waals surface area (Å²) in [5, 5.41) is 4.04. The fraction of sp³-hybridized carbons (Fsp3) is 0.385. The highest BCUT2D eigenvalue weighted by molar-refractivity contribution is 5.86. The van der Waals surface area contributed by atoms with Gasteiger partial charge in [-0.15, -0.1) is 0 Å². The number of anilines is 1. The minimum atomic E-state index is -0.612. The zero-order chi connectivity index (χ0) is 22.8. The SMILES string of the molecule is C[C@H](NC(=O)CN1C[C@@H](C(=O)N2CCCCC2)Oc2ccccc21)c1cc2ccccc2o1. The number of benzene rings is 2. The van der Waals surface area contributed by atoms with Crippen molar-refractivity contribution < 1.29 is 18.7 Å². The highest BCUT2D eigenvalue weighted by Crippen LogP contribution is 2.33. The summed E-state index contributed by atoms with van der Waals surface area (Å²) >= 11 is 0. The standard InChI is InChI=1S/C26H29N3O4/c1-18(23-15-19-9-3-5-11-21(19)32-23)27-25(30)17-29-16-24(26(31)28-13-7-2-8-14-28)33-22-12-6-4-10-20(22)29/h3-6,9-12,15,18,24H,2,7-8,13-14,16-17H2,1H3,(H,27,30)/t18-,24-/m0/s1. The zero-order valence-corrected chi connectivity index (χ0v) is 18.8. The van der Waals surface area contributed by atoms with E-state index in [9.17, 15) is 9.59 Å². The van der Waals surface area contributed by atoms with Crippen LogP contribution in [0.2, 0.25) is 0 Å². The second kappa shape index (κ2) is 9.17. The Morgan fingerprint density at radius 2 is 1.82 bits per heavy atom. The Hall–Kier alpha value is -3.48. The largest absolute Gasteiger partial charge is 0.477 e. The number of hydrogen-bond acceptors (Lipinski definition) is 5. The average molecular weight is 448 g/mol. The van der Waals surface area contributed by atoms with E-state index >= 15 is 0 Å². The van der Waals surface area contributed by atoms with Gasteiger partial charge in [-0.1, -0.05) is 30.3 Å². The van der Waals surface area contributed by atoms with Crippen LogP contribution in [-0.4, -0.2) is 49.0 Å². The Morgan fingerprint density at radius 3 is 2.64 bits per heavy atom. The van der Waals surface area contributed by atoms with Gasteiger partial charge in [0.1, 0.15) is 17.1 Å². The van der Waals surface area contributed by atoms with Crippen LogP contribution in [0.15, 0.2) is 59.0 Å². The molecule has 0 unspecified atom stereocenters. The Morgan fingerprint density at radius 1 is 1.06 bits per heavy atom. The molecule has 2 aliphatic rings. The van der Waals surface area contributed by atoms with Crippen molar-refractivity contribution in [1.29, 1.82) is 0 Å². The van der Waals surface area contributed by atoms with Crippen LogP contribution in [0.5, 0.6) is 5.75 Å². The molecule has 1 fully saturated rings. The summed E-state index contributed by atoms with van der Waals surface area (Å²) in [5.74, 6) is 1.22. The van der Waals surface area contributed by atoms with E-state index in [1.54, 1.807) is 0 Å². The van der Waals surface area contributed by atoms with Gasteiger partial charge >= 0.3 is 0 Å². The number of carbonyl (C=O) groups is 2. The molecule has 7 heteroatoms. The quantitative estimate of drug-likeness (QED) is 0.642. The Kier molecular flexibility index (Phi) is 5.94. The van der Waals surface area contributed by atoms with Gasteiger partial charge in [0.2, 0.25) is 5.91 Å². The molecule has 1 aromatic heterocycles. The van der Waals surface area contributed by atoms with Gasteiger partial charge in [0, 0.05) is 18.5 Å². The number of carbonyl (C=O) groups excluding carboxylic acids is 2. The van der Waals surface area contributed by atoms with Crippen molar-refractivity contribution in [2.45, 2.75) is 38.3 Å². The highest BCUT2D eigenvalue weighted by atomic mass is 16.5. The summed E-state index contributed by atoms with van der Waals surface area (Å²) < 4.78 is 12.0. The van der Waals surface area contributed by atoms with E-state index in [4.69, 9.17) is 9.15 Å². The first-order valence-corrected chi connectivity index (χ1v) is 11.7. The van der Waals surface area contributed by atoms with Crippen molar-refractivity contribution in [1.82, 2.24) is 10.2 Å². The smallest absolute Gasteiger partial charge is 0.265 e. The van der Waals surface area contributed by atoms with Crippen molar-refractivity contribution in [3.8, 4) is 5.75 Å². The number of hydrogen-bond donors (Lipinski definition) is 1. The maximum Gasteiger partial charge on any atom is 0.265 e. The summed E-state index contributed by atoms with van der Waals surface area (Å²) in [6.45, 7) is 3.94. The number of piperidine rings is 1. The third kappa shape index (κ3) is 4.53. The van der Waals surface area contributed by atoms with Gasteiger partial charge in [-0.05, 0) is 50.5 Å². The fourth-order valence-corrected chi connectivity index (χ4v) is 4.65. The molecule has 0 radical (unpaired) electrons. The van der Waals surface area contributed by atoms with Gasteiger partial charge in [-0.2, -0.15) is 0 Å². The van der Waals surface area contributed by atoms with E-state index in [1.807, 2.05) is 71.3 Å². The Bertz CT molecular complexity index is 1120. The van der Waals surface area contributed by atoms with Gasteiger partial charge in [0.15, 0.2) is 6.10 Å². The molecule has 2 aromatic carbocycles. The number of para-hydroxylation sites is 3. The highest BCUT2D eigenvalue weighted by Gasteiger charge is 2.34. The van der Waals surface area contributed by atoms with Gasteiger partial charge < -0.3 is 24.3 Å². The van der Waals surface area contributed by atoms with Crippen molar-refractivity contribution in [2.24, 2.45) is 0 Å². The van der Waals surface area contributed by atoms with Gasteiger partial charge in [-0.3, -0.25) is 9.59 Å². The molecule has 0 saturated carbocycles.